The van der Waals surface area contributed by atoms with E-state index in [9.17, 15) is 9.90 Å². The van der Waals surface area contributed by atoms with E-state index in [-0.39, 0.29) is 5.91 Å². The molecule has 0 bridgehead atoms. The number of benzene rings is 2. The minimum absolute atomic E-state index is 0.0721. The SMILES string of the molecule is COc1ccccc1CCNC(=O)CN1CCC(Cc2cccc(O)c2)C1. The Balaban J connectivity index is 1.38. The van der Waals surface area contributed by atoms with E-state index in [4.69, 9.17) is 4.74 Å². The van der Waals surface area contributed by atoms with Gasteiger partial charge in [0.1, 0.15) is 11.5 Å². The number of phenolic OH excluding ortho intramolecular Hbond substituents is 1. The molecule has 1 aliphatic rings. The Bertz CT molecular complexity index is 763. The molecule has 1 heterocycles. The summed E-state index contributed by atoms with van der Waals surface area (Å²) < 4.78 is 5.34. The summed E-state index contributed by atoms with van der Waals surface area (Å²) in [5.74, 6) is 1.79. The Kier molecular flexibility index (Phi) is 6.71. The summed E-state index contributed by atoms with van der Waals surface area (Å²) in [6.45, 7) is 2.93. The van der Waals surface area contributed by atoms with Crippen molar-refractivity contribution >= 4 is 5.91 Å². The standard InChI is InChI=1S/C22H28N2O3/c1-27-21-8-3-2-6-19(21)9-11-23-22(26)16-24-12-10-18(15-24)13-17-5-4-7-20(25)14-17/h2-8,14,18,25H,9-13,15-16H2,1H3,(H,23,26). The highest BCUT2D eigenvalue weighted by Crippen LogP contribution is 2.22. The zero-order valence-electron chi connectivity index (χ0n) is 15.9. The lowest BCUT2D eigenvalue weighted by atomic mass is 9.99. The molecule has 1 atom stereocenters. The van der Waals surface area contributed by atoms with Crippen LogP contribution in [0.15, 0.2) is 48.5 Å². The van der Waals surface area contributed by atoms with Crippen molar-refractivity contribution in [2.75, 3.05) is 33.3 Å². The zero-order chi connectivity index (χ0) is 19.1. The highest BCUT2D eigenvalue weighted by atomic mass is 16.5. The van der Waals surface area contributed by atoms with Crippen molar-refractivity contribution < 1.29 is 14.6 Å². The van der Waals surface area contributed by atoms with E-state index in [1.54, 1.807) is 13.2 Å². The fourth-order valence-corrected chi connectivity index (χ4v) is 3.74. The number of hydrogen-bond acceptors (Lipinski definition) is 4. The highest BCUT2D eigenvalue weighted by molar-refractivity contribution is 5.78. The van der Waals surface area contributed by atoms with Gasteiger partial charge in [0.15, 0.2) is 0 Å². The number of nitrogens with one attached hydrogen (secondary N) is 1. The molecule has 0 aliphatic carbocycles. The van der Waals surface area contributed by atoms with E-state index in [2.05, 4.69) is 10.2 Å². The number of phenols is 1. The largest absolute Gasteiger partial charge is 0.508 e. The first-order valence-electron chi connectivity index (χ1n) is 9.53. The van der Waals surface area contributed by atoms with Crippen LogP contribution < -0.4 is 10.1 Å². The minimum Gasteiger partial charge on any atom is -0.508 e. The van der Waals surface area contributed by atoms with Gasteiger partial charge < -0.3 is 15.2 Å². The number of hydrogen-bond donors (Lipinski definition) is 2. The maximum atomic E-state index is 12.2. The van der Waals surface area contributed by atoms with E-state index >= 15 is 0 Å². The van der Waals surface area contributed by atoms with E-state index in [0.29, 0.717) is 24.8 Å². The maximum absolute atomic E-state index is 12.2. The van der Waals surface area contributed by atoms with Crippen LogP contribution in [0.2, 0.25) is 0 Å². The molecule has 144 valence electrons. The van der Waals surface area contributed by atoms with Crippen LogP contribution in [0.3, 0.4) is 0 Å². The number of aromatic hydroxyl groups is 1. The molecule has 27 heavy (non-hydrogen) atoms. The smallest absolute Gasteiger partial charge is 0.234 e. The first kappa shape index (κ1) is 19.2. The van der Waals surface area contributed by atoms with Crippen LogP contribution in [0.1, 0.15) is 17.5 Å². The topological polar surface area (TPSA) is 61.8 Å². The van der Waals surface area contributed by atoms with Crippen LogP contribution in [-0.2, 0) is 17.6 Å². The van der Waals surface area contributed by atoms with Gasteiger partial charge in [0, 0.05) is 13.1 Å². The van der Waals surface area contributed by atoms with Crippen LogP contribution in [0.5, 0.6) is 11.5 Å². The van der Waals surface area contributed by atoms with Crippen molar-refractivity contribution in [2.24, 2.45) is 5.92 Å². The van der Waals surface area contributed by atoms with Crippen LogP contribution >= 0.6 is 0 Å². The summed E-state index contributed by atoms with van der Waals surface area (Å²) in [7, 11) is 1.66. The van der Waals surface area contributed by atoms with Gasteiger partial charge in [0.05, 0.1) is 13.7 Å². The quantitative estimate of drug-likeness (QED) is 0.752. The molecule has 2 aromatic rings. The van der Waals surface area contributed by atoms with Gasteiger partial charge in [-0.05, 0) is 61.1 Å². The first-order valence-corrected chi connectivity index (χ1v) is 9.53. The third kappa shape index (κ3) is 5.73. The second kappa shape index (κ2) is 9.42. The number of nitrogens with zero attached hydrogens (tertiary/aromatic N) is 1. The Morgan fingerprint density at radius 1 is 1.26 bits per heavy atom. The van der Waals surface area contributed by atoms with Gasteiger partial charge in [-0.2, -0.15) is 0 Å². The van der Waals surface area contributed by atoms with Crippen LogP contribution in [-0.4, -0.2) is 49.2 Å². The summed E-state index contributed by atoms with van der Waals surface area (Å²) in [6.07, 6.45) is 2.79. The lowest BCUT2D eigenvalue weighted by molar-refractivity contribution is -0.122. The van der Waals surface area contributed by atoms with Gasteiger partial charge in [-0.1, -0.05) is 30.3 Å². The Morgan fingerprint density at radius 3 is 2.93 bits per heavy atom. The van der Waals surface area contributed by atoms with E-state index in [0.717, 1.165) is 49.2 Å². The van der Waals surface area contributed by atoms with Crippen LogP contribution in [0.4, 0.5) is 0 Å². The van der Waals surface area contributed by atoms with Crippen molar-refractivity contribution in [3.63, 3.8) is 0 Å². The molecular formula is C22H28N2O3. The molecule has 1 unspecified atom stereocenters. The van der Waals surface area contributed by atoms with E-state index in [1.807, 2.05) is 42.5 Å². The number of carbonyl (C=O) groups is 1. The molecule has 2 aromatic carbocycles. The molecule has 0 saturated carbocycles. The second-order valence-electron chi connectivity index (χ2n) is 7.18. The predicted molar refractivity (Wildman–Crippen MR) is 106 cm³/mol. The number of ether oxygens (including phenoxy) is 1. The van der Waals surface area contributed by atoms with Gasteiger partial charge in [-0.3, -0.25) is 9.69 Å². The lowest BCUT2D eigenvalue weighted by Crippen LogP contribution is -2.37. The Morgan fingerprint density at radius 2 is 2.11 bits per heavy atom. The molecule has 1 amide bonds. The summed E-state index contributed by atoms with van der Waals surface area (Å²) in [5.41, 5.74) is 2.26. The molecule has 1 saturated heterocycles. The summed E-state index contributed by atoms with van der Waals surface area (Å²) in [6, 6.07) is 15.3. The average Bonchev–Trinajstić information content (AvgIpc) is 3.08. The highest BCUT2D eigenvalue weighted by Gasteiger charge is 2.24. The summed E-state index contributed by atoms with van der Waals surface area (Å²) in [4.78, 5) is 14.5. The number of para-hydroxylation sites is 1. The molecule has 1 aliphatic heterocycles. The second-order valence-corrected chi connectivity index (χ2v) is 7.18. The summed E-state index contributed by atoms with van der Waals surface area (Å²) in [5, 5.41) is 12.6. The maximum Gasteiger partial charge on any atom is 0.234 e. The van der Waals surface area contributed by atoms with E-state index in [1.165, 1.54) is 0 Å². The Hall–Kier alpha value is -2.53. The van der Waals surface area contributed by atoms with Crippen molar-refractivity contribution in [1.82, 2.24) is 10.2 Å². The number of amides is 1. The van der Waals surface area contributed by atoms with Gasteiger partial charge in [-0.25, -0.2) is 0 Å². The van der Waals surface area contributed by atoms with E-state index < -0.39 is 0 Å². The number of carbonyl (C=O) groups excluding carboxylic acids is 1. The average molecular weight is 368 g/mol. The van der Waals surface area contributed by atoms with Gasteiger partial charge >= 0.3 is 0 Å². The normalized spacial score (nSPS) is 17.0. The third-order valence-electron chi connectivity index (χ3n) is 5.08. The molecule has 0 radical (unpaired) electrons. The molecule has 2 N–H and O–H groups in total. The fourth-order valence-electron chi connectivity index (χ4n) is 3.74. The number of likely N-dealkylation sites (tertiary alicyclic amines) is 1. The zero-order valence-corrected chi connectivity index (χ0v) is 15.9. The fraction of sp³-hybridized carbons (Fsp3) is 0.409. The van der Waals surface area contributed by atoms with Crippen molar-refractivity contribution in [1.29, 1.82) is 0 Å². The molecule has 5 heteroatoms. The molecular weight excluding hydrogens is 340 g/mol. The van der Waals surface area contributed by atoms with Crippen molar-refractivity contribution in [2.45, 2.75) is 19.3 Å². The number of rotatable bonds is 8. The van der Waals surface area contributed by atoms with Crippen LogP contribution in [0.25, 0.3) is 0 Å². The molecule has 1 fully saturated rings. The lowest BCUT2D eigenvalue weighted by Gasteiger charge is -2.16. The summed E-state index contributed by atoms with van der Waals surface area (Å²) >= 11 is 0. The van der Waals surface area contributed by atoms with Gasteiger partial charge in [0.25, 0.3) is 0 Å². The minimum atomic E-state index is 0.0721. The van der Waals surface area contributed by atoms with Crippen molar-refractivity contribution in [3.8, 4) is 11.5 Å². The third-order valence-corrected chi connectivity index (χ3v) is 5.08. The Labute approximate surface area is 161 Å². The predicted octanol–water partition coefficient (Wildman–Crippen LogP) is 2.62. The monoisotopic (exact) mass is 368 g/mol. The van der Waals surface area contributed by atoms with Crippen LogP contribution in [0, 0.1) is 5.92 Å². The molecule has 0 aromatic heterocycles. The molecule has 5 nitrogen and oxygen atoms in total. The van der Waals surface area contributed by atoms with Gasteiger partial charge in [0.2, 0.25) is 5.91 Å². The first-order chi connectivity index (χ1) is 13.1. The molecule has 3 rings (SSSR count). The van der Waals surface area contributed by atoms with Gasteiger partial charge in [-0.15, -0.1) is 0 Å². The molecule has 0 spiro atoms. The van der Waals surface area contributed by atoms with Crippen molar-refractivity contribution in [3.05, 3.63) is 59.7 Å². The number of methoxy groups -OCH3 is 1.